The molecule has 0 spiro atoms. The number of hydrogen-bond acceptors (Lipinski definition) is 2. The normalized spacial score (nSPS) is 10.3. The molecule has 2 nitrogen and oxygen atoms in total. The number of nitriles is 1. The van der Waals surface area contributed by atoms with Crippen LogP contribution >= 0.6 is 0 Å². The van der Waals surface area contributed by atoms with Gasteiger partial charge in [0.1, 0.15) is 11.5 Å². The van der Waals surface area contributed by atoms with E-state index in [1.807, 2.05) is 0 Å². The molecule has 2 aromatic rings. The summed E-state index contributed by atoms with van der Waals surface area (Å²) in [6.45, 7) is 0. The molecule has 0 aliphatic rings. The Hall–Kier alpha value is -2.69. The van der Waals surface area contributed by atoms with Gasteiger partial charge in [-0.05, 0) is 18.2 Å². The third-order valence-corrected chi connectivity index (χ3v) is 2.57. The lowest BCUT2D eigenvalue weighted by Gasteiger charge is -2.11. The molecule has 21 heavy (non-hydrogen) atoms. The van der Waals surface area contributed by atoms with Gasteiger partial charge in [-0.3, -0.25) is 0 Å². The van der Waals surface area contributed by atoms with Crippen LogP contribution in [0.1, 0.15) is 5.56 Å². The van der Waals surface area contributed by atoms with Crippen LogP contribution < -0.4 is 5.32 Å². The van der Waals surface area contributed by atoms with E-state index in [1.165, 1.54) is 0 Å². The van der Waals surface area contributed by atoms with Crippen LogP contribution in [0.4, 0.5) is 37.7 Å². The van der Waals surface area contributed by atoms with Crippen LogP contribution in [0.3, 0.4) is 0 Å². The van der Waals surface area contributed by atoms with E-state index in [4.69, 9.17) is 5.26 Å². The van der Waals surface area contributed by atoms with E-state index in [9.17, 15) is 26.3 Å². The van der Waals surface area contributed by atoms with Gasteiger partial charge in [0.2, 0.25) is 5.82 Å². The predicted octanol–water partition coefficient (Wildman–Crippen LogP) is 4.14. The van der Waals surface area contributed by atoms with Gasteiger partial charge < -0.3 is 5.32 Å². The summed E-state index contributed by atoms with van der Waals surface area (Å²) in [4.78, 5) is 0. The lowest BCUT2D eigenvalue weighted by atomic mass is 10.2. The highest BCUT2D eigenvalue weighted by molar-refractivity contribution is 5.62. The van der Waals surface area contributed by atoms with Crippen molar-refractivity contribution < 1.29 is 26.3 Å². The van der Waals surface area contributed by atoms with Gasteiger partial charge >= 0.3 is 0 Å². The molecule has 108 valence electrons. The zero-order valence-electron chi connectivity index (χ0n) is 9.95. The van der Waals surface area contributed by atoms with Gasteiger partial charge in [0, 0.05) is 0 Å². The molecule has 0 heterocycles. The second kappa shape index (κ2) is 5.36. The van der Waals surface area contributed by atoms with Crippen molar-refractivity contribution in [3.05, 3.63) is 58.7 Å². The molecule has 0 saturated heterocycles. The lowest BCUT2D eigenvalue weighted by Crippen LogP contribution is -2.07. The second-order valence-electron chi connectivity index (χ2n) is 3.88. The average molecular weight is 302 g/mol. The van der Waals surface area contributed by atoms with Crippen molar-refractivity contribution in [2.45, 2.75) is 0 Å². The largest absolute Gasteiger partial charge is 0.348 e. The van der Waals surface area contributed by atoms with Gasteiger partial charge in [0.25, 0.3) is 0 Å². The van der Waals surface area contributed by atoms with Crippen LogP contribution in [0, 0.1) is 46.2 Å². The highest BCUT2D eigenvalue weighted by Gasteiger charge is 2.26. The maximum Gasteiger partial charge on any atom is 0.200 e. The first-order chi connectivity index (χ1) is 9.86. The van der Waals surface area contributed by atoms with Gasteiger partial charge in [0.05, 0.1) is 17.3 Å². The Morgan fingerprint density at radius 2 is 1.33 bits per heavy atom. The van der Waals surface area contributed by atoms with Gasteiger partial charge in [-0.2, -0.15) is 5.26 Å². The molecule has 0 unspecified atom stereocenters. The molecule has 0 aliphatic heterocycles. The molecule has 2 aromatic carbocycles. The summed E-state index contributed by atoms with van der Waals surface area (Å²) in [6, 6.07) is 4.41. The van der Waals surface area contributed by atoms with E-state index in [-0.39, 0.29) is 5.56 Å². The summed E-state index contributed by atoms with van der Waals surface area (Å²) < 4.78 is 79.2. The number of benzene rings is 2. The molecule has 0 bridgehead atoms. The van der Waals surface area contributed by atoms with Gasteiger partial charge in [-0.1, -0.05) is 0 Å². The van der Waals surface area contributed by atoms with Gasteiger partial charge in [-0.15, -0.1) is 0 Å². The summed E-state index contributed by atoms with van der Waals surface area (Å²) >= 11 is 0. The van der Waals surface area contributed by atoms with Crippen molar-refractivity contribution in [2.75, 3.05) is 5.32 Å². The number of anilines is 2. The van der Waals surface area contributed by atoms with Crippen molar-refractivity contribution in [2.24, 2.45) is 0 Å². The highest BCUT2D eigenvalue weighted by atomic mass is 19.2. The van der Waals surface area contributed by atoms with E-state index in [1.54, 1.807) is 11.4 Å². The molecule has 0 atom stereocenters. The van der Waals surface area contributed by atoms with Crippen molar-refractivity contribution in [1.82, 2.24) is 0 Å². The summed E-state index contributed by atoms with van der Waals surface area (Å²) in [5.74, 6) is -11.9. The van der Waals surface area contributed by atoms with Crippen LogP contribution in [-0.4, -0.2) is 0 Å². The Bertz CT molecular complexity index is 737. The molecule has 0 fully saturated rings. The Balaban J connectivity index is 2.53. The number of nitrogens with one attached hydrogen (secondary N) is 1. The number of nitrogens with zero attached hydrogens (tertiary/aromatic N) is 1. The molecule has 0 amide bonds. The van der Waals surface area contributed by atoms with Crippen molar-refractivity contribution in [3.8, 4) is 6.07 Å². The Morgan fingerprint density at radius 1 is 0.810 bits per heavy atom. The van der Waals surface area contributed by atoms with E-state index in [0.29, 0.717) is 0 Å². The molecule has 0 aromatic heterocycles. The first-order valence-electron chi connectivity index (χ1n) is 5.35. The second-order valence-corrected chi connectivity index (χ2v) is 3.88. The lowest BCUT2D eigenvalue weighted by molar-refractivity contribution is 0.382. The molecule has 1 N–H and O–H groups in total. The molecular weight excluding hydrogens is 298 g/mol. The van der Waals surface area contributed by atoms with Gasteiger partial charge in [-0.25, -0.2) is 26.3 Å². The fourth-order valence-electron chi connectivity index (χ4n) is 1.54. The zero-order valence-corrected chi connectivity index (χ0v) is 9.95. The molecule has 0 saturated carbocycles. The molecule has 8 heteroatoms. The van der Waals surface area contributed by atoms with Crippen LogP contribution in [0.15, 0.2) is 18.2 Å². The van der Waals surface area contributed by atoms with Crippen molar-refractivity contribution in [1.29, 1.82) is 5.26 Å². The molecule has 0 radical (unpaired) electrons. The number of halogens is 6. The standard InChI is InChI=1S/C13H4F6N2/c14-6-3-5(4-20)1-2-7(6)21-13-11(18)9(16)8(15)10(17)12(13)19/h1-3,21H. The molecular formula is C13H4F6N2. The van der Waals surface area contributed by atoms with E-state index < -0.39 is 46.3 Å². The number of hydrogen-bond donors (Lipinski definition) is 1. The number of rotatable bonds is 2. The quantitative estimate of drug-likeness (QED) is 0.514. The fourth-order valence-corrected chi connectivity index (χ4v) is 1.54. The smallest absolute Gasteiger partial charge is 0.200 e. The first-order valence-corrected chi connectivity index (χ1v) is 5.35. The Labute approximate surface area is 114 Å². The summed E-state index contributed by atoms with van der Waals surface area (Å²) in [6.07, 6.45) is 0. The van der Waals surface area contributed by atoms with Gasteiger partial charge in [0.15, 0.2) is 23.3 Å². The third-order valence-electron chi connectivity index (χ3n) is 2.57. The molecule has 0 aliphatic carbocycles. The summed E-state index contributed by atoms with van der Waals surface area (Å²) in [5, 5.41) is 10.3. The van der Waals surface area contributed by atoms with E-state index >= 15 is 0 Å². The van der Waals surface area contributed by atoms with Crippen LogP contribution in [-0.2, 0) is 0 Å². The topological polar surface area (TPSA) is 35.8 Å². The third kappa shape index (κ3) is 2.50. The maximum atomic E-state index is 13.5. The Kier molecular flexibility index (Phi) is 3.76. The summed E-state index contributed by atoms with van der Waals surface area (Å²) in [5.41, 5.74) is -2.00. The zero-order chi connectivity index (χ0) is 15.7. The van der Waals surface area contributed by atoms with Crippen LogP contribution in [0.2, 0.25) is 0 Å². The monoisotopic (exact) mass is 302 g/mol. The molecule has 2 rings (SSSR count). The maximum absolute atomic E-state index is 13.5. The minimum Gasteiger partial charge on any atom is -0.348 e. The minimum absolute atomic E-state index is 0.0736. The first kappa shape index (κ1) is 14.7. The summed E-state index contributed by atoms with van der Waals surface area (Å²) in [7, 11) is 0. The van der Waals surface area contributed by atoms with Crippen LogP contribution in [0.5, 0.6) is 0 Å². The van der Waals surface area contributed by atoms with E-state index in [0.717, 1.165) is 18.2 Å². The Morgan fingerprint density at radius 3 is 1.81 bits per heavy atom. The van der Waals surface area contributed by atoms with Crippen molar-refractivity contribution >= 4 is 11.4 Å². The fraction of sp³-hybridized carbons (Fsp3) is 0. The SMILES string of the molecule is N#Cc1ccc(Nc2c(F)c(F)c(F)c(F)c2F)c(F)c1. The highest BCUT2D eigenvalue weighted by Crippen LogP contribution is 2.30. The van der Waals surface area contributed by atoms with Crippen LogP contribution in [0.25, 0.3) is 0 Å². The average Bonchev–Trinajstić information content (AvgIpc) is 2.48. The van der Waals surface area contributed by atoms with Crippen molar-refractivity contribution in [3.63, 3.8) is 0 Å². The minimum atomic E-state index is -2.31. The van der Waals surface area contributed by atoms with E-state index in [2.05, 4.69) is 0 Å². The predicted molar refractivity (Wildman–Crippen MR) is 60.6 cm³/mol.